The van der Waals surface area contributed by atoms with Gasteiger partial charge in [-0.1, -0.05) is 97.1 Å². The van der Waals surface area contributed by atoms with Crippen LogP contribution in [0.1, 0.15) is 73.5 Å². The van der Waals surface area contributed by atoms with Crippen molar-refractivity contribution in [3.05, 3.63) is 137 Å². The van der Waals surface area contributed by atoms with Gasteiger partial charge < -0.3 is 19.9 Å². The fourth-order valence-electron chi connectivity index (χ4n) is 5.55. The number of ether oxygens (including phenoxy) is 2. The van der Waals surface area contributed by atoms with Gasteiger partial charge in [0.25, 0.3) is 0 Å². The lowest BCUT2D eigenvalue weighted by atomic mass is 9.92. The van der Waals surface area contributed by atoms with Gasteiger partial charge in [-0.3, -0.25) is 0 Å². The summed E-state index contributed by atoms with van der Waals surface area (Å²) in [6, 6.07) is 37.3. The van der Waals surface area contributed by atoms with E-state index >= 15 is 0 Å². The summed E-state index contributed by atoms with van der Waals surface area (Å²) in [6.07, 6.45) is 3.18. The predicted molar refractivity (Wildman–Crippen MR) is 196 cm³/mol. The molecule has 1 amide bonds. The highest BCUT2D eigenvalue weighted by Gasteiger charge is 2.41. The number of aryl methyl sites for hydroxylation is 2. The second-order valence-electron chi connectivity index (χ2n) is 13.5. The molecule has 50 heavy (non-hydrogen) atoms. The first-order valence-electron chi connectivity index (χ1n) is 17.1. The number of carbonyl (C=O) groups is 1. The van der Waals surface area contributed by atoms with Gasteiger partial charge in [-0.25, -0.2) is 4.79 Å². The van der Waals surface area contributed by atoms with Gasteiger partial charge in [0.05, 0.1) is 24.3 Å². The maximum Gasteiger partial charge on any atom is 0.516 e. The summed E-state index contributed by atoms with van der Waals surface area (Å²) in [7, 11) is -2.28. The molecule has 4 aromatic rings. The smallest absolute Gasteiger partial charge is 0.492 e. The van der Waals surface area contributed by atoms with Crippen LogP contribution in [0.25, 0.3) is 0 Å². The minimum atomic E-state index is -2.28. The summed E-state index contributed by atoms with van der Waals surface area (Å²) in [6.45, 7) is 5.06. The number of carbonyl (C=O) groups excluding carboxylic acids is 1. The van der Waals surface area contributed by atoms with Crippen molar-refractivity contribution in [3.63, 3.8) is 0 Å². The maximum absolute atomic E-state index is 13.9. The van der Waals surface area contributed by atoms with Crippen LogP contribution >= 0.6 is 8.03 Å². The van der Waals surface area contributed by atoms with Crippen LogP contribution in [-0.4, -0.2) is 42.2 Å². The molecule has 0 heterocycles. The lowest BCUT2D eigenvalue weighted by Crippen LogP contribution is -2.55. The molecule has 3 atom stereocenters. The highest BCUT2D eigenvalue weighted by atomic mass is 31.1. The van der Waals surface area contributed by atoms with Crippen molar-refractivity contribution in [1.29, 1.82) is 5.26 Å². The zero-order chi connectivity index (χ0) is 35.8. The van der Waals surface area contributed by atoms with Crippen LogP contribution in [-0.2, 0) is 33.1 Å². The largest absolute Gasteiger partial charge is 0.516 e. The average molecular weight is 696 g/mol. The van der Waals surface area contributed by atoms with Crippen molar-refractivity contribution in [3.8, 4) is 11.8 Å². The van der Waals surface area contributed by atoms with E-state index in [2.05, 4.69) is 23.5 Å². The number of rotatable bonds is 18. The Hall–Kier alpha value is -4.54. The third-order valence-electron chi connectivity index (χ3n) is 8.26. The zero-order valence-electron chi connectivity index (χ0n) is 29.2. The molecule has 0 spiro atoms. The second kappa shape index (κ2) is 19.0. The van der Waals surface area contributed by atoms with E-state index in [9.17, 15) is 19.7 Å². The normalized spacial score (nSPS) is 13.4. The van der Waals surface area contributed by atoms with E-state index in [1.165, 1.54) is 5.56 Å². The van der Waals surface area contributed by atoms with Crippen molar-refractivity contribution in [2.75, 3.05) is 19.8 Å². The van der Waals surface area contributed by atoms with Crippen molar-refractivity contribution in [2.24, 2.45) is 0 Å². The standard InChI is InChI=1S/C41H47N2O6P/c1-40(2,3)49-39(45)43-41(30-44,31-48-50(46)38(35-20-11-6-12-21-35)28-33-18-9-5-10-19-33)25-24-34-22-23-37(36(27-34)29-42)47-26-14-13-17-32-15-7-4-8-16-32/h4-12,15-16,18-23,27,38,44H,13-14,17,24-26,28,30-31H2,1-3H3/p+1. The number of nitrogens with zero attached hydrogens (tertiary/aromatic N) is 1. The molecule has 0 bridgehead atoms. The van der Waals surface area contributed by atoms with Crippen LogP contribution in [0.5, 0.6) is 5.75 Å². The van der Waals surface area contributed by atoms with E-state index < -0.39 is 37.5 Å². The van der Waals surface area contributed by atoms with Crippen molar-refractivity contribution in [1.82, 2.24) is 5.32 Å². The number of hydrogen-bond acceptors (Lipinski definition) is 7. The predicted octanol–water partition coefficient (Wildman–Crippen LogP) is 8.89. The number of aliphatic hydroxyl groups is 1. The molecule has 0 saturated carbocycles. The third-order valence-corrected chi connectivity index (χ3v) is 9.64. The SMILES string of the molecule is CC(C)(C)OC(=O)NC(CO)(CCc1ccc(OCCCCc2ccccc2)c(C#N)c1)CO[P+](=O)C(Cc1ccccc1)c1ccccc1. The summed E-state index contributed by atoms with van der Waals surface area (Å²) in [5.74, 6) is 0.516. The minimum absolute atomic E-state index is 0.217. The highest BCUT2D eigenvalue weighted by molar-refractivity contribution is 7.39. The molecule has 4 rings (SSSR count). The van der Waals surface area contributed by atoms with E-state index in [1.807, 2.05) is 84.9 Å². The molecule has 262 valence electrons. The zero-order valence-corrected chi connectivity index (χ0v) is 30.1. The van der Waals surface area contributed by atoms with Crippen LogP contribution in [0.15, 0.2) is 109 Å². The Balaban J connectivity index is 1.45. The Labute approximate surface area is 297 Å². The molecule has 0 aromatic heterocycles. The minimum Gasteiger partial charge on any atom is -0.492 e. The van der Waals surface area contributed by atoms with Crippen LogP contribution in [0, 0.1) is 11.3 Å². The van der Waals surface area contributed by atoms with Gasteiger partial charge in [-0.15, -0.1) is 4.52 Å². The quantitative estimate of drug-likeness (QED) is 0.0789. The highest BCUT2D eigenvalue weighted by Crippen LogP contribution is 2.45. The summed E-state index contributed by atoms with van der Waals surface area (Å²) in [5.41, 5.74) is 1.86. The molecule has 3 unspecified atom stereocenters. The number of amides is 1. The summed E-state index contributed by atoms with van der Waals surface area (Å²) < 4.78 is 31.4. The number of unbranched alkanes of at least 4 members (excludes halogenated alkanes) is 1. The Bertz CT molecular complexity index is 1690. The number of benzene rings is 4. The Kier molecular flexibility index (Phi) is 14.5. The molecule has 0 aliphatic carbocycles. The molecular formula is C41H48N2O6P+. The van der Waals surface area contributed by atoms with Gasteiger partial charge in [-0.05, 0) is 86.3 Å². The first-order valence-corrected chi connectivity index (χ1v) is 18.3. The molecule has 0 fully saturated rings. The Morgan fingerprint density at radius 1 is 0.860 bits per heavy atom. The lowest BCUT2D eigenvalue weighted by Gasteiger charge is -2.32. The lowest BCUT2D eigenvalue weighted by molar-refractivity contribution is 0.0308. The summed E-state index contributed by atoms with van der Waals surface area (Å²) >= 11 is 0. The third kappa shape index (κ3) is 12.4. The second-order valence-corrected chi connectivity index (χ2v) is 14.9. The number of hydrogen-bond donors (Lipinski definition) is 2. The molecule has 4 aromatic carbocycles. The topological polar surface area (TPSA) is 118 Å². The molecule has 0 saturated heterocycles. The van der Waals surface area contributed by atoms with Gasteiger partial charge >= 0.3 is 14.1 Å². The summed E-state index contributed by atoms with van der Waals surface area (Å²) in [4.78, 5) is 13.0. The first-order chi connectivity index (χ1) is 24.1. The summed E-state index contributed by atoms with van der Waals surface area (Å²) in [5, 5.41) is 23.5. The van der Waals surface area contributed by atoms with E-state index in [4.69, 9.17) is 14.0 Å². The fourth-order valence-corrected chi connectivity index (χ4v) is 6.88. The van der Waals surface area contributed by atoms with Crippen LogP contribution in [0.3, 0.4) is 0 Å². The average Bonchev–Trinajstić information content (AvgIpc) is 3.12. The van der Waals surface area contributed by atoms with Crippen molar-refractivity contribution in [2.45, 2.75) is 76.1 Å². The molecular weight excluding hydrogens is 647 g/mol. The maximum atomic E-state index is 13.9. The van der Waals surface area contributed by atoms with Crippen LogP contribution in [0.2, 0.25) is 0 Å². The van der Waals surface area contributed by atoms with E-state index in [-0.39, 0.29) is 13.0 Å². The van der Waals surface area contributed by atoms with Gasteiger partial charge in [0.2, 0.25) is 5.66 Å². The molecule has 0 aliphatic heterocycles. The monoisotopic (exact) mass is 695 g/mol. The molecule has 8 nitrogen and oxygen atoms in total. The molecule has 2 N–H and O–H groups in total. The van der Waals surface area contributed by atoms with Crippen LogP contribution in [0.4, 0.5) is 4.79 Å². The van der Waals surface area contributed by atoms with Crippen molar-refractivity contribution < 1.29 is 28.5 Å². The molecule has 0 radical (unpaired) electrons. The molecule has 0 aliphatic rings. The van der Waals surface area contributed by atoms with E-state index in [0.717, 1.165) is 36.0 Å². The van der Waals surface area contributed by atoms with E-state index in [0.29, 0.717) is 30.8 Å². The fraction of sp³-hybridized carbons (Fsp3) is 0.366. The first kappa shape index (κ1) is 38.3. The van der Waals surface area contributed by atoms with Gasteiger partial charge in [0.15, 0.2) is 0 Å². The number of aliphatic hydroxyl groups excluding tert-OH is 1. The van der Waals surface area contributed by atoms with Gasteiger partial charge in [0, 0.05) is 12.0 Å². The van der Waals surface area contributed by atoms with Crippen LogP contribution < -0.4 is 10.1 Å². The number of nitriles is 1. The Morgan fingerprint density at radius 3 is 2.12 bits per heavy atom. The molecule has 9 heteroatoms. The van der Waals surface area contributed by atoms with E-state index in [1.54, 1.807) is 32.9 Å². The van der Waals surface area contributed by atoms with Gasteiger partial charge in [0.1, 0.15) is 24.0 Å². The van der Waals surface area contributed by atoms with Crippen molar-refractivity contribution >= 4 is 14.1 Å². The number of alkyl carbamates (subject to hydrolysis) is 1. The Morgan fingerprint density at radius 2 is 1.50 bits per heavy atom. The van der Waals surface area contributed by atoms with Gasteiger partial charge in [-0.2, -0.15) is 5.26 Å². The number of nitrogens with one attached hydrogen (secondary N) is 1.